The van der Waals surface area contributed by atoms with Crippen molar-refractivity contribution in [2.45, 2.75) is 38.3 Å². The first-order valence-corrected chi connectivity index (χ1v) is 8.33. The van der Waals surface area contributed by atoms with Crippen molar-refractivity contribution in [2.75, 3.05) is 0 Å². The Balaban J connectivity index is 0.00000261. The van der Waals surface area contributed by atoms with Crippen LogP contribution in [0.25, 0.3) is 11.0 Å². The maximum absolute atomic E-state index is 11.6. The third-order valence-corrected chi connectivity index (χ3v) is 4.79. The molecule has 5 N–H and O–H groups in total. The van der Waals surface area contributed by atoms with Crippen LogP contribution in [0, 0.1) is 16.0 Å². The van der Waals surface area contributed by atoms with E-state index < -0.39 is 16.0 Å². The maximum Gasteiger partial charge on any atom is 0.314 e. The number of primary amides is 1. The number of H-pyrrole nitrogens is 2. The van der Waals surface area contributed by atoms with E-state index in [4.69, 9.17) is 5.73 Å². The molecule has 1 amide bonds. The van der Waals surface area contributed by atoms with Gasteiger partial charge in [-0.2, -0.15) is 0 Å². The Bertz CT molecular complexity index is 985. The number of aromatic nitrogens is 2. The van der Waals surface area contributed by atoms with Crippen LogP contribution in [0.4, 0.5) is 5.69 Å². The predicted octanol–water partition coefficient (Wildman–Crippen LogP) is 0.836. The Kier molecular flexibility index (Phi) is 6.50. The number of carbonyl (C=O) groups excluding carboxylic acids is 1. The first-order chi connectivity index (χ1) is 12.4. The minimum Gasteiger partial charge on any atom is -0.369 e. The van der Waals surface area contributed by atoms with E-state index in [1.807, 2.05) is 0 Å². The molecule has 1 aliphatic rings. The first kappa shape index (κ1) is 20.8. The monoisotopic (exact) mass is 441 g/mol. The lowest BCUT2D eigenvalue weighted by atomic mass is 9.84. The van der Waals surface area contributed by atoms with Crippen LogP contribution in [-0.4, -0.2) is 26.8 Å². The lowest BCUT2D eigenvalue weighted by Gasteiger charge is -2.30. The molecule has 1 aliphatic carbocycles. The van der Waals surface area contributed by atoms with Gasteiger partial charge in [-0.05, 0) is 18.4 Å². The van der Waals surface area contributed by atoms with Crippen LogP contribution in [0.1, 0.15) is 31.2 Å². The number of amides is 1. The van der Waals surface area contributed by atoms with Crippen molar-refractivity contribution in [3.63, 3.8) is 0 Å². The number of fused-ring (bicyclic) bond motifs is 1. The highest BCUT2D eigenvalue weighted by molar-refractivity contribution is 8.93. The molecule has 1 aromatic heterocycles. The molecular weight excluding hydrogens is 422 g/mol. The molecular formula is C16H20BrN5O5. The summed E-state index contributed by atoms with van der Waals surface area (Å²) in [6.07, 6.45) is 3.36. The summed E-state index contributed by atoms with van der Waals surface area (Å²) in [5.41, 5.74) is 4.50. The molecule has 0 radical (unpaired) electrons. The zero-order valence-corrected chi connectivity index (χ0v) is 16.0. The average Bonchev–Trinajstić information content (AvgIpc) is 2.60. The van der Waals surface area contributed by atoms with Crippen molar-refractivity contribution in [3.05, 3.63) is 48.5 Å². The minimum absolute atomic E-state index is 0. The summed E-state index contributed by atoms with van der Waals surface area (Å²) < 4.78 is 0. The summed E-state index contributed by atoms with van der Waals surface area (Å²) in [4.78, 5) is 50.2. The van der Waals surface area contributed by atoms with E-state index in [1.54, 1.807) is 0 Å². The highest BCUT2D eigenvalue weighted by Crippen LogP contribution is 2.26. The van der Waals surface area contributed by atoms with Crippen molar-refractivity contribution in [1.82, 2.24) is 15.3 Å². The number of nitrogens with one attached hydrogen (secondary N) is 3. The molecule has 0 aliphatic heterocycles. The molecule has 1 heterocycles. The molecule has 0 spiro atoms. The quantitative estimate of drug-likeness (QED) is 0.304. The fraction of sp³-hybridized carbons (Fsp3) is 0.438. The van der Waals surface area contributed by atoms with Crippen LogP contribution in [0.2, 0.25) is 0 Å². The Morgan fingerprint density at radius 1 is 1.22 bits per heavy atom. The van der Waals surface area contributed by atoms with Crippen LogP contribution >= 0.6 is 17.0 Å². The van der Waals surface area contributed by atoms with E-state index in [1.165, 1.54) is 12.1 Å². The van der Waals surface area contributed by atoms with E-state index in [0.717, 1.165) is 19.3 Å². The Morgan fingerprint density at radius 2 is 1.89 bits per heavy atom. The average molecular weight is 442 g/mol. The van der Waals surface area contributed by atoms with Gasteiger partial charge in [0.15, 0.2) is 0 Å². The van der Waals surface area contributed by atoms with Gasteiger partial charge in [-0.1, -0.05) is 12.8 Å². The molecule has 146 valence electrons. The topological polar surface area (TPSA) is 164 Å². The number of non-ortho nitro benzene ring substituents is 1. The standard InChI is InChI=1S/C16H19N5O5.BrH/c17-14(22)10-3-1-2-4-11(10)18-7-8-5-9(21(25)26)6-12-13(8)20-16(24)15(23)19-12;/h5-6,10-11,18H,1-4,7H2,(H2,17,22)(H,19,23)(H,20,24);1H/t10-,11+;/m0./s1. The second-order valence-electron chi connectivity index (χ2n) is 6.47. The molecule has 2 atom stereocenters. The van der Waals surface area contributed by atoms with Crippen LogP contribution < -0.4 is 22.2 Å². The number of aromatic amines is 2. The SMILES string of the molecule is Br.NC(=O)[C@H]1CCCC[C@H]1NCc1cc([N+](=O)[O-])cc2[nH]c(=O)c(=O)[nH]c12. The van der Waals surface area contributed by atoms with E-state index in [-0.39, 0.29) is 52.6 Å². The number of halogens is 1. The Labute approximate surface area is 163 Å². The van der Waals surface area contributed by atoms with Crippen molar-refractivity contribution in [3.8, 4) is 0 Å². The van der Waals surface area contributed by atoms with Crippen molar-refractivity contribution < 1.29 is 9.72 Å². The molecule has 11 heteroatoms. The van der Waals surface area contributed by atoms with Gasteiger partial charge in [0.2, 0.25) is 5.91 Å². The lowest BCUT2D eigenvalue weighted by molar-refractivity contribution is -0.384. The van der Waals surface area contributed by atoms with Gasteiger partial charge in [-0.25, -0.2) is 0 Å². The van der Waals surface area contributed by atoms with Gasteiger partial charge in [-0.3, -0.25) is 24.5 Å². The minimum atomic E-state index is -0.877. The predicted molar refractivity (Wildman–Crippen MR) is 104 cm³/mol. The van der Waals surface area contributed by atoms with Crippen LogP contribution in [0.15, 0.2) is 21.7 Å². The summed E-state index contributed by atoms with van der Waals surface area (Å²) in [6, 6.07) is 2.40. The third kappa shape index (κ3) is 4.42. The number of rotatable bonds is 5. The summed E-state index contributed by atoms with van der Waals surface area (Å²) in [6.45, 7) is 0.189. The number of nitro benzene ring substituents is 1. The van der Waals surface area contributed by atoms with Gasteiger partial charge >= 0.3 is 11.1 Å². The third-order valence-electron chi connectivity index (χ3n) is 4.79. The summed E-state index contributed by atoms with van der Waals surface area (Å²) in [5.74, 6) is -0.670. The van der Waals surface area contributed by atoms with Gasteiger partial charge in [-0.15, -0.1) is 17.0 Å². The highest BCUT2D eigenvalue weighted by Gasteiger charge is 2.29. The van der Waals surface area contributed by atoms with Gasteiger partial charge in [0, 0.05) is 24.7 Å². The van der Waals surface area contributed by atoms with Crippen molar-refractivity contribution in [2.24, 2.45) is 11.7 Å². The van der Waals surface area contributed by atoms with E-state index >= 15 is 0 Å². The summed E-state index contributed by atoms with van der Waals surface area (Å²) in [7, 11) is 0. The first-order valence-electron chi connectivity index (χ1n) is 8.33. The zero-order valence-electron chi connectivity index (χ0n) is 14.3. The number of nitrogens with zero attached hydrogens (tertiary/aromatic N) is 1. The van der Waals surface area contributed by atoms with Crippen molar-refractivity contribution >= 4 is 39.6 Å². The van der Waals surface area contributed by atoms with Crippen LogP contribution in [0.5, 0.6) is 0 Å². The molecule has 2 aromatic rings. The number of benzene rings is 1. The van der Waals surface area contributed by atoms with Crippen LogP contribution in [-0.2, 0) is 11.3 Å². The molecule has 0 unspecified atom stereocenters. The van der Waals surface area contributed by atoms with Gasteiger partial charge in [0.25, 0.3) is 5.69 Å². The lowest BCUT2D eigenvalue weighted by Crippen LogP contribution is -2.44. The Hall–Kier alpha value is -2.53. The zero-order chi connectivity index (χ0) is 18.8. The molecule has 0 bridgehead atoms. The number of hydrogen-bond acceptors (Lipinski definition) is 6. The van der Waals surface area contributed by atoms with Gasteiger partial charge in [0.05, 0.1) is 21.9 Å². The molecule has 1 aromatic carbocycles. The molecule has 27 heavy (non-hydrogen) atoms. The second-order valence-corrected chi connectivity index (χ2v) is 6.47. The largest absolute Gasteiger partial charge is 0.369 e. The molecule has 1 fully saturated rings. The second kappa shape index (κ2) is 8.44. The number of carbonyl (C=O) groups is 1. The highest BCUT2D eigenvalue weighted by atomic mass is 79.9. The number of hydrogen-bond donors (Lipinski definition) is 4. The molecule has 0 saturated heterocycles. The summed E-state index contributed by atoms with van der Waals surface area (Å²) in [5, 5.41) is 14.4. The van der Waals surface area contributed by atoms with Crippen LogP contribution in [0.3, 0.4) is 0 Å². The number of nitro groups is 1. The van der Waals surface area contributed by atoms with Gasteiger partial charge in [0.1, 0.15) is 0 Å². The molecule has 3 rings (SSSR count). The molecule has 1 saturated carbocycles. The Morgan fingerprint density at radius 3 is 2.56 bits per heavy atom. The van der Waals surface area contributed by atoms with E-state index in [0.29, 0.717) is 17.5 Å². The van der Waals surface area contributed by atoms with E-state index in [9.17, 15) is 24.5 Å². The van der Waals surface area contributed by atoms with E-state index in [2.05, 4.69) is 15.3 Å². The fourth-order valence-corrected chi connectivity index (χ4v) is 3.48. The fourth-order valence-electron chi connectivity index (χ4n) is 3.48. The smallest absolute Gasteiger partial charge is 0.314 e. The maximum atomic E-state index is 11.6. The van der Waals surface area contributed by atoms with Crippen molar-refractivity contribution in [1.29, 1.82) is 0 Å². The number of nitrogens with two attached hydrogens (primary N) is 1. The summed E-state index contributed by atoms with van der Waals surface area (Å²) >= 11 is 0. The molecule has 10 nitrogen and oxygen atoms in total. The normalized spacial score (nSPS) is 19.4. The van der Waals surface area contributed by atoms with Gasteiger partial charge < -0.3 is 21.0 Å².